The molecule has 59 heavy (non-hydrogen) atoms. The van der Waals surface area contributed by atoms with E-state index in [1.165, 1.54) is 24.4 Å². The molecule has 0 unspecified atom stereocenters. The molecule has 1 saturated carbocycles. The smallest absolute Gasteiger partial charge is 0.425 e. The number of benzene rings is 2. The first-order valence-corrected chi connectivity index (χ1v) is 20.9. The summed E-state index contributed by atoms with van der Waals surface area (Å²) in [5.41, 5.74) is -2.91. The third kappa shape index (κ3) is 12.6. The highest BCUT2D eigenvalue weighted by atomic mass is 32.2. The monoisotopic (exact) mass is 842 g/mol. The fourth-order valence-corrected chi connectivity index (χ4v) is 7.47. The van der Waals surface area contributed by atoms with Gasteiger partial charge in [0.1, 0.15) is 33.3 Å². The van der Waals surface area contributed by atoms with E-state index in [4.69, 9.17) is 14.2 Å². The number of rotatable bonds is 10. The van der Waals surface area contributed by atoms with Gasteiger partial charge in [0.15, 0.2) is 5.82 Å². The molecule has 0 aliphatic heterocycles. The number of carbonyl (C=O) groups excluding carboxylic acids is 3. The van der Waals surface area contributed by atoms with Crippen LogP contribution in [0.3, 0.4) is 0 Å². The molecule has 14 nitrogen and oxygen atoms in total. The molecule has 1 aliphatic rings. The molecular weight excluding hydrogens is 787 g/mol. The predicted molar refractivity (Wildman–Crippen MR) is 222 cm³/mol. The number of hydrogen-bond acceptors (Lipinski definition) is 11. The Morgan fingerprint density at radius 1 is 0.831 bits per heavy atom. The molecule has 1 fully saturated rings. The molecule has 1 heterocycles. The first-order valence-electron chi connectivity index (χ1n) is 19.4. The molecule has 4 rings (SSSR count). The van der Waals surface area contributed by atoms with E-state index in [9.17, 15) is 32.6 Å². The molecule has 0 atom stereocenters. The first-order chi connectivity index (χ1) is 27.2. The summed E-state index contributed by atoms with van der Waals surface area (Å²) in [6, 6.07) is 7.47. The van der Waals surface area contributed by atoms with Crippen molar-refractivity contribution in [1.29, 1.82) is 5.41 Å². The molecule has 0 bridgehead atoms. The molecule has 0 spiro atoms. The van der Waals surface area contributed by atoms with Crippen LogP contribution in [0.2, 0.25) is 0 Å². The van der Waals surface area contributed by atoms with Gasteiger partial charge in [0, 0.05) is 23.8 Å². The maximum absolute atomic E-state index is 15.9. The number of ether oxygens (including phenoxy) is 3. The summed E-state index contributed by atoms with van der Waals surface area (Å²) in [7, 11) is -4.55. The number of amides is 3. The van der Waals surface area contributed by atoms with Crippen LogP contribution < -0.4 is 20.3 Å². The van der Waals surface area contributed by atoms with Crippen molar-refractivity contribution in [3.05, 3.63) is 77.0 Å². The third-order valence-corrected chi connectivity index (χ3v) is 10.1. The van der Waals surface area contributed by atoms with Crippen LogP contribution in [0.5, 0.6) is 0 Å². The highest BCUT2D eigenvalue weighted by Crippen LogP contribution is 2.42. The van der Waals surface area contributed by atoms with E-state index in [-0.39, 0.29) is 34.9 Å². The van der Waals surface area contributed by atoms with Crippen molar-refractivity contribution in [2.24, 2.45) is 0 Å². The van der Waals surface area contributed by atoms with Crippen LogP contribution in [0.25, 0.3) is 0 Å². The molecule has 2 aromatic carbocycles. The lowest BCUT2D eigenvalue weighted by Gasteiger charge is -2.33. The highest BCUT2D eigenvalue weighted by molar-refractivity contribution is 7.92. The van der Waals surface area contributed by atoms with Crippen LogP contribution in [0.15, 0.2) is 53.6 Å². The van der Waals surface area contributed by atoms with Gasteiger partial charge in [0.05, 0.1) is 22.6 Å². The summed E-state index contributed by atoms with van der Waals surface area (Å²) in [4.78, 5) is 45.1. The molecule has 1 aliphatic carbocycles. The van der Waals surface area contributed by atoms with Crippen LogP contribution in [0, 0.1) is 17.0 Å². The van der Waals surface area contributed by atoms with Crippen LogP contribution in [0.1, 0.15) is 124 Å². The normalized spacial score (nSPS) is 16.2. The summed E-state index contributed by atoms with van der Waals surface area (Å²) in [6.45, 7) is 18.7. The van der Waals surface area contributed by atoms with Gasteiger partial charge in [0.25, 0.3) is 10.0 Å². The van der Waals surface area contributed by atoms with Gasteiger partial charge in [-0.25, -0.2) is 36.6 Å². The van der Waals surface area contributed by atoms with Gasteiger partial charge in [-0.15, -0.1) is 0 Å². The quantitative estimate of drug-likeness (QED) is 0.113. The number of nitrogens with zero attached hydrogens (tertiary/aromatic N) is 2. The number of nitrogens with one attached hydrogen (secondary N) is 4. The molecule has 1 aromatic heterocycles. The van der Waals surface area contributed by atoms with Crippen molar-refractivity contribution >= 4 is 51.2 Å². The number of aromatic nitrogens is 1. The van der Waals surface area contributed by atoms with Gasteiger partial charge in [-0.2, -0.15) is 4.90 Å². The Hall–Kier alpha value is -5.32. The van der Waals surface area contributed by atoms with E-state index in [2.05, 4.69) is 20.3 Å². The van der Waals surface area contributed by atoms with Crippen molar-refractivity contribution in [3.8, 4) is 0 Å². The van der Waals surface area contributed by atoms with Crippen molar-refractivity contribution in [1.82, 2.24) is 10.3 Å². The molecular formula is C42H56F2N6O8S. The zero-order chi connectivity index (χ0) is 44.2. The van der Waals surface area contributed by atoms with E-state index in [1.54, 1.807) is 62.3 Å². The van der Waals surface area contributed by atoms with Crippen LogP contribution in [-0.2, 0) is 24.2 Å². The van der Waals surface area contributed by atoms with Crippen LogP contribution >= 0.6 is 0 Å². The molecule has 4 N–H and O–H groups in total. The minimum atomic E-state index is -4.55. The minimum absolute atomic E-state index is 0.0685. The topological polar surface area (TPSA) is 189 Å². The fraction of sp³-hybridized carbons (Fsp3) is 0.500. The second-order valence-electron chi connectivity index (χ2n) is 17.7. The molecule has 17 heteroatoms. The van der Waals surface area contributed by atoms with E-state index in [1.807, 2.05) is 13.8 Å². The minimum Gasteiger partial charge on any atom is -0.444 e. The van der Waals surface area contributed by atoms with Crippen molar-refractivity contribution < 1.29 is 45.8 Å². The lowest BCUT2D eigenvalue weighted by molar-refractivity contribution is 0.0424. The van der Waals surface area contributed by atoms with Crippen LogP contribution in [0.4, 0.5) is 40.4 Å². The Morgan fingerprint density at radius 3 is 1.90 bits per heavy atom. The zero-order valence-corrected chi connectivity index (χ0v) is 36.3. The molecule has 0 saturated heterocycles. The SMILES string of the molecule is CC(C)Nc1c(C2CCC(NC(=O)OC(C)(C)C)CC2)cnc(N(C(=O)OC(C)(C)C)C(=O)OC(C)(C)C)c1C(=N)c1ccc(NS(=O)(=O)c2ccccc2F)c(F)c1. The van der Waals surface area contributed by atoms with E-state index < -0.39 is 73.0 Å². The fourth-order valence-electron chi connectivity index (χ4n) is 6.32. The van der Waals surface area contributed by atoms with Gasteiger partial charge in [-0.1, -0.05) is 18.2 Å². The second kappa shape index (κ2) is 17.9. The molecule has 3 amide bonds. The predicted octanol–water partition coefficient (Wildman–Crippen LogP) is 9.62. The van der Waals surface area contributed by atoms with Gasteiger partial charge in [-0.05, 0) is 138 Å². The van der Waals surface area contributed by atoms with Crippen molar-refractivity contribution in [2.45, 2.75) is 142 Å². The third-order valence-electron chi connectivity index (χ3n) is 8.65. The van der Waals surface area contributed by atoms with Gasteiger partial charge < -0.3 is 24.8 Å². The number of hydrogen-bond donors (Lipinski definition) is 4. The Labute approximate surface area is 345 Å². The Balaban J connectivity index is 1.88. The van der Waals surface area contributed by atoms with Gasteiger partial charge in [0.2, 0.25) is 0 Å². The van der Waals surface area contributed by atoms with E-state index in [0.717, 1.165) is 24.3 Å². The highest BCUT2D eigenvalue weighted by Gasteiger charge is 2.39. The summed E-state index contributed by atoms with van der Waals surface area (Å²) < 4.78 is 75.2. The maximum Gasteiger partial charge on any atom is 0.425 e. The molecule has 322 valence electrons. The lowest BCUT2D eigenvalue weighted by atomic mass is 9.80. The molecule has 0 radical (unpaired) electrons. The van der Waals surface area contributed by atoms with E-state index in [0.29, 0.717) is 41.8 Å². The average molecular weight is 843 g/mol. The summed E-state index contributed by atoms with van der Waals surface area (Å²) in [6.07, 6.45) is 1.03. The summed E-state index contributed by atoms with van der Waals surface area (Å²) in [5.74, 6) is -2.64. The Morgan fingerprint density at radius 2 is 1.39 bits per heavy atom. The number of pyridine rings is 1. The second-order valence-corrected chi connectivity index (χ2v) is 19.3. The lowest BCUT2D eigenvalue weighted by Crippen LogP contribution is -2.45. The van der Waals surface area contributed by atoms with E-state index >= 15 is 4.39 Å². The summed E-state index contributed by atoms with van der Waals surface area (Å²) >= 11 is 0. The first kappa shape index (κ1) is 46.4. The Kier molecular flexibility index (Phi) is 14.1. The van der Waals surface area contributed by atoms with Crippen LogP contribution in [-0.4, -0.2) is 66.3 Å². The largest absolute Gasteiger partial charge is 0.444 e. The number of anilines is 3. The average Bonchev–Trinajstić information content (AvgIpc) is 3.07. The zero-order valence-electron chi connectivity index (χ0n) is 35.5. The van der Waals surface area contributed by atoms with Crippen molar-refractivity contribution in [3.63, 3.8) is 0 Å². The van der Waals surface area contributed by atoms with Gasteiger partial charge in [-0.3, -0.25) is 10.1 Å². The number of sulfonamides is 1. The van der Waals surface area contributed by atoms with Crippen molar-refractivity contribution in [2.75, 3.05) is 14.9 Å². The summed E-state index contributed by atoms with van der Waals surface area (Å²) in [5, 5.41) is 15.9. The number of imide groups is 1. The van der Waals surface area contributed by atoms with Gasteiger partial charge >= 0.3 is 18.3 Å². The standard InChI is InChI=1S/C42H56F2N6O8S/c1-24(2)47-35-28(25-16-19-27(20-17-25)48-37(51)56-40(3,4)5)23-46-36(50(38(52)57-41(6,7)8)39(53)58-42(9,10)11)33(35)34(45)26-18-21-31(30(44)22-26)49-59(54,55)32-15-13-12-14-29(32)43/h12-15,18,21-25,27,45,49H,16-17,19-20H2,1-11H3,(H,46,47)(H,48,51). The molecule has 3 aromatic rings. The number of halogens is 2. The maximum atomic E-state index is 15.9. The number of carbonyl (C=O) groups is 3. The Bertz CT molecular complexity index is 2140. The number of alkyl carbamates (subject to hydrolysis) is 1.